The van der Waals surface area contributed by atoms with Crippen LogP contribution >= 0.6 is 0 Å². The predicted molar refractivity (Wildman–Crippen MR) is 70.0 cm³/mol. The van der Waals surface area contributed by atoms with Gasteiger partial charge in [0.2, 0.25) is 5.91 Å². The molecule has 3 saturated carbocycles. The van der Waals surface area contributed by atoms with Crippen LogP contribution in [-0.2, 0) is 4.79 Å². The molecule has 0 aromatic heterocycles. The Bertz CT molecular complexity index is 323. The molecule has 0 saturated heterocycles. The molecule has 3 aliphatic rings. The minimum Gasteiger partial charge on any atom is -0.388 e. The zero-order valence-electron chi connectivity index (χ0n) is 11.4. The molecule has 3 rings (SSSR count). The number of fused-ring (bicyclic) bond motifs is 1. The van der Waals surface area contributed by atoms with Gasteiger partial charge in [-0.15, -0.1) is 0 Å². The summed E-state index contributed by atoms with van der Waals surface area (Å²) in [5.41, 5.74) is -0.593. The number of rotatable bonds is 3. The quantitative estimate of drug-likeness (QED) is 0.835. The van der Waals surface area contributed by atoms with E-state index in [1.54, 1.807) is 0 Å². The van der Waals surface area contributed by atoms with Gasteiger partial charge in [0.05, 0.1) is 5.60 Å². The standard InChI is InChI=1S/C15H25NO2/c1-16(10-15(18)8-4-5-9-15)14(17)13-11-6-2-3-7-12(11)13/h11-13,18H,2-10H2,1H3. The summed E-state index contributed by atoms with van der Waals surface area (Å²) >= 11 is 0. The van der Waals surface area contributed by atoms with Crippen molar-refractivity contribution in [3.63, 3.8) is 0 Å². The third kappa shape index (κ3) is 2.18. The van der Waals surface area contributed by atoms with Crippen molar-refractivity contribution >= 4 is 5.91 Å². The summed E-state index contributed by atoms with van der Waals surface area (Å²) in [5, 5.41) is 10.4. The lowest BCUT2D eigenvalue weighted by atomic mass is 10.0. The summed E-state index contributed by atoms with van der Waals surface area (Å²) in [6.07, 6.45) is 9.04. The second-order valence-corrected chi connectivity index (χ2v) is 6.76. The van der Waals surface area contributed by atoms with Gasteiger partial charge in [-0.3, -0.25) is 4.79 Å². The number of nitrogens with zero attached hydrogens (tertiary/aromatic N) is 1. The van der Waals surface area contributed by atoms with Crippen LogP contribution in [0.5, 0.6) is 0 Å². The SMILES string of the molecule is CN(CC1(O)CCCC1)C(=O)C1C2CCCCC21. The molecule has 0 aromatic carbocycles. The first-order valence-corrected chi connectivity index (χ1v) is 7.58. The Kier molecular flexibility index (Phi) is 3.13. The van der Waals surface area contributed by atoms with Crippen molar-refractivity contribution in [3.05, 3.63) is 0 Å². The van der Waals surface area contributed by atoms with E-state index < -0.39 is 5.60 Å². The van der Waals surface area contributed by atoms with Gasteiger partial charge in [0.1, 0.15) is 0 Å². The molecule has 3 aliphatic carbocycles. The second-order valence-electron chi connectivity index (χ2n) is 6.76. The van der Waals surface area contributed by atoms with Gasteiger partial charge in [0, 0.05) is 19.5 Å². The van der Waals surface area contributed by atoms with Gasteiger partial charge in [-0.05, 0) is 37.5 Å². The maximum absolute atomic E-state index is 12.4. The molecular weight excluding hydrogens is 226 g/mol. The molecule has 0 heterocycles. The van der Waals surface area contributed by atoms with E-state index in [1.807, 2.05) is 11.9 Å². The summed E-state index contributed by atoms with van der Waals surface area (Å²) in [6.45, 7) is 0.543. The normalized spacial score (nSPS) is 37.1. The van der Waals surface area contributed by atoms with Gasteiger partial charge >= 0.3 is 0 Å². The van der Waals surface area contributed by atoms with Crippen molar-refractivity contribution in [2.24, 2.45) is 17.8 Å². The maximum atomic E-state index is 12.4. The molecular formula is C15H25NO2. The monoisotopic (exact) mass is 251 g/mol. The highest BCUT2D eigenvalue weighted by Crippen LogP contribution is 2.56. The Morgan fingerprint density at radius 1 is 1.17 bits per heavy atom. The van der Waals surface area contributed by atoms with Crippen LogP contribution in [0.3, 0.4) is 0 Å². The molecule has 3 fully saturated rings. The fourth-order valence-corrected chi connectivity index (χ4v) is 4.32. The zero-order chi connectivity index (χ0) is 12.8. The first-order valence-electron chi connectivity index (χ1n) is 7.58. The Balaban J connectivity index is 1.56. The molecule has 102 valence electrons. The van der Waals surface area contributed by atoms with Crippen LogP contribution in [0.1, 0.15) is 51.4 Å². The first kappa shape index (κ1) is 12.5. The summed E-state index contributed by atoms with van der Waals surface area (Å²) < 4.78 is 0. The Morgan fingerprint density at radius 2 is 1.72 bits per heavy atom. The number of hydrogen-bond donors (Lipinski definition) is 1. The van der Waals surface area contributed by atoms with E-state index in [9.17, 15) is 9.90 Å². The lowest BCUT2D eigenvalue weighted by Gasteiger charge is -2.28. The molecule has 18 heavy (non-hydrogen) atoms. The van der Waals surface area contributed by atoms with Crippen LogP contribution in [0.25, 0.3) is 0 Å². The highest BCUT2D eigenvalue weighted by Gasteiger charge is 2.55. The molecule has 0 aliphatic heterocycles. The van der Waals surface area contributed by atoms with E-state index in [0.717, 1.165) is 25.7 Å². The lowest BCUT2D eigenvalue weighted by Crippen LogP contribution is -2.42. The molecule has 0 spiro atoms. The van der Waals surface area contributed by atoms with Gasteiger partial charge in [0.25, 0.3) is 0 Å². The smallest absolute Gasteiger partial charge is 0.226 e. The average Bonchev–Trinajstić information content (AvgIpc) is 2.94. The van der Waals surface area contributed by atoms with Gasteiger partial charge in [-0.1, -0.05) is 25.7 Å². The summed E-state index contributed by atoms with van der Waals surface area (Å²) in [4.78, 5) is 14.2. The molecule has 2 unspecified atom stereocenters. The number of amides is 1. The fraction of sp³-hybridized carbons (Fsp3) is 0.933. The lowest BCUT2D eigenvalue weighted by molar-refractivity contribution is -0.135. The van der Waals surface area contributed by atoms with Gasteiger partial charge in [-0.25, -0.2) is 0 Å². The van der Waals surface area contributed by atoms with Crippen LogP contribution < -0.4 is 0 Å². The Labute approximate surface area is 110 Å². The van der Waals surface area contributed by atoms with Gasteiger partial charge in [-0.2, -0.15) is 0 Å². The fourth-order valence-electron chi connectivity index (χ4n) is 4.32. The predicted octanol–water partition coefficient (Wildman–Crippen LogP) is 2.19. The third-order valence-corrected chi connectivity index (χ3v) is 5.38. The minimum absolute atomic E-state index is 0.294. The van der Waals surface area contributed by atoms with E-state index in [4.69, 9.17) is 0 Å². The van der Waals surface area contributed by atoms with Crippen LogP contribution in [0.4, 0.5) is 0 Å². The van der Waals surface area contributed by atoms with E-state index in [1.165, 1.54) is 25.7 Å². The molecule has 0 radical (unpaired) electrons. The third-order valence-electron chi connectivity index (χ3n) is 5.38. The van der Waals surface area contributed by atoms with Crippen molar-refractivity contribution < 1.29 is 9.90 Å². The molecule has 1 amide bonds. The first-order chi connectivity index (χ1) is 8.61. The van der Waals surface area contributed by atoms with E-state index in [0.29, 0.717) is 30.2 Å². The summed E-state index contributed by atoms with van der Waals surface area (Å²) in [5.74, 6) is 1.94. The number of carbonyl (C=O) groups excluding carboxylic acids is 1. The van der Waals surface area contributed by atoms with Gasteiger partial charge < -0.3 is 10.0 Å². The zero-order valence-corrected chi connectivity index (χ0v) is 11.4. The molecule has 1 N–H and O–H groups in total. The Hall–Kier alpha value is -0.570. The molecule has 0 bridgehead atoms. The average molecular weight is 251 g/mol. The highest BCUT2D eigenvalue weighted by atomic mass is 16.3. The van der Waals surface area contributed by atoms with E-state index in [2.05, 4.69) is 0 Å². The highest BCUT2D eigenvalue weighted by molar-refractivity contribution is 5.82. The molecule has 0 aromatic rings. The number of aliphatic hydroxyl groups is 1. The second kappa shape index (κ2) is 4.52. The number of likely N-dealkylation sites (N-methyl/N-ethyl adjacent to an activating group) is 1. The van der Waals surface area contributed by atoms with E-state index >= 15 is 0 Å². The van der Waals surface area contributed by atoms with E-state index in [-0.39, 0.29) is 0 Å². The maximum Gasteiger partial charge on any atom is 0.226 e. The molecule has 2 atom stereocenters. The van der Waals surface area contributed by atoms with Crippen molar-refractivity contribution in [1.82, 2.24) is 4.90 Å². The van der Waals surface area contributed by atoms with Crippen molar-refractivity contribution in [3.8, 4) is 0 Å². The minimum atomic E-state index is -0.593. The van der Waals surface area contributed by atoms with Crippen molar-refractivity contribution in [2.45, 2.75) is 57.0 Å². The van der Waals surface area contributed by atoms with Crippen molar-refractivity contribution in [1.29, 1.82) is 0 Å². The molecule has 3 heteroatoms. The largest absolute Gasteiger partial charge is 0.388 e. The van der Waals surface area contributed by atoms with Crippen LogP contribution in [-0.4, -0.2) is 35.1 Å². The summed E-state index contributed by atoms with van der Waals surface area (Å²) in [6, 6.07) is 0. The van der Waals surface area contributed by atoms with Gasteiger partial charge in [0.15, 0.2) is 0 Å². The summed E-state index contributed by atoms with van der Waals surface area (Å²) in [7, 11) is 1.88. The van der Waals surface area contributed by atoms with Crippen LogP contribution in [0.2, 0.25) is 0 Å². The van der Waals surface area contributed by atoms with Crippen LogP contribution in [0, 0.1) is 17.8 Å². The number of carbonyl (C=O) groups is 1. The number of hydrogen-bond acceptors (Lipinski definition) is 2. The van der Waals surface area contributed by atoms with Crippen molar-refractivity contribution in [2.75, 3.05) is 13.6 Å². The molecule has 3 nitrogen and oxygen atoms in total. The van der Waals surface area contributed by atoms with Crippen LogP contribution in [0.15, 0.2) is 0 Å². The topological polar surface area (TPSA) is 40.5 Å². The Morgan fingerprint density at radius 3 is 2.28 bits per heavy atom.